The molecule has 1 aliphatic heterocycles. The van der Waals surface area contributed by atoms with Gasteiger partial charge in [-0.1, -0.05) is 0 Å². The molecule has 0 radical (unpaired) electrons. The second kappa shape index (κ2) is 9.20. The summed E-state index contributed by atoms with van der Waals surface area (Å²) in [6, 6.07) is 0. The number of aromatic nitrogens is 3. The van der Waals surface area contributed by atoms with Crippen molar-refractivity contribution >= 4 is 51.9 Å². The van der Waals surface area contributed by atoms with Gasteiger partial charge in [-0.05, 0) is 17.5 Å². The van der Waals surface area contributed by atoms with Crippen LogP contribution >= 0.6 is 35.1 Å². The minimum absolute atomic E-state index is 0.166. The van der Waals surface area contributed by atoms with Gasteiger partial charge in [0, 0.05) is 19.7 Å². The summed E-state index contributed by atoms with van der Waals surface area (Å²) in [6.07, 6.45) is 2.58. The number of nitrogens with two attached hydrogens (primary N) is 1. The van der Waals surface area contributed by atoms with Gasteiger partial charge >= 0.3 is 23.5 Å². The number of rotatable bonds is 8. The molecule has 6 N–H and O–H groups in total. The number of phosphoric ester groups is 1. The van der Waals surface area contributed by atoms with Crippen molar-refractivity contribution in [2.24, 2.45) is 0 Å². The average Bonchev–Trinajstić information content (AvgIpc) is 3.16. The van der Waals surface area contributed by atoms with Crippen molar-refractivity contribution < 1.29 is 60.3 Å². The molecule has 3 heterocycles. The molecule has 34 heavy (non-hydrogen) atoms. The normalized spacial score (nSPS) is 26.8. The zero-order valence-electron chi connectivity index (χ0n) is 16.6. The maximum atomic E-state index is 14.4. The topological polar surface area (TPSA) is 235 Å². The summed E-state index contributed by atoms with van der Waals surface area (Å²) in [5.74, 6) is -2.04. The molecule has 0 bridgehead atoms. The van der Waals surface area contributed by atoms with E-state index in [1.807, 2.05) is 5.92 Å². The summed E-state index contributed by atoms with van der Waals surface area (Å²) in [6.45, 7) is 0. The van der Waals surface area contributed by atoms with Crippen molar-refractivity contribution in [1.82, 2.24) is 14.5 Å². The van der Waals surface area contributed by atoms with Crippen LogP contribution in [-0.4, -0.2) is 53.3 Å². The van der Waals surface area contributed by atoms with E-state index in [4.69, 9.17) is 42.8 Å². The van der Waals surface area contributed by atoms with E-state index in [1.165, 1.54) is 0 Å². The first kappa shape index (κ1) is 27.1. The number of aliphatic hydroxyl groups excluding tert-OH is 1. The first-order chi connectivity index (χ1) is 15.5. The maximum Gasteiger partial charge on any atom is 0.490 e. The van der Waals surface area contributed by atoms with Crippen LogP contribution in [0.3, 0.4) is 0 Å². The van der Waals surface area contributed by atoms with Crippen LogP contribution in [0.2, 0.25) is 5.28 Å². The lowest BCUT2D eigenvalue weighted by molar-refractivity contribution is -0.187. The van der Waals surface area contributed by atoms with Gasteiger partial charge in [-0.2, -0.15) is 13.6 Å². The standard InChI is InChI=1S/C13H15ClFN4O12P3/c1-3-13(29-34(26,27-2)31-33(24,25)30-32(21,22)23)7(20)4-8(28-13)19-5-6(15)9-10(16)17-12(14)18-11(9)19/h1,5,7-8,20H,4H2,2H3,(H,24,25)(H2,16,17,18)(H2,21,22,23)/t7-,8+,13+,34?/m0/s1. The summed E-state index contributed by atoms with van der Waals surface area (Å²) in [4.78, 5) is 34.3. The molecule has 5 atom stereocenters. The Balaban J connectivity index is 1.95. The average molecular weight is 567 g/mol. The Morgan fingerprint density at radius 2 is 2.00 bits per heavy atom. The Morgan fingerprint density at radius 3 is 2.56 bits per heavy atom. The number of aliphatic hydroxyl groups is 1. The first-order valence-electron chi connectivity index (χ1n) is 8.54. The number of terminal acetylenes is 1. The predicted molar refractivity (Wildman–Crippen MR) is 109 cm³/mol. The van der Waals surface area contributed by atoms with Crippen LogP contribution in [0, 0.1) is 18.2 Å². The summed E-state index contributed by atoms with van der Waals surface area (Å²) in [5.41, 5.74) is 5.49. The number of halogens is 2. The number of ether oxygens (including phenoxy) is 1. The van der Waals surface area contributed by atoms with E-state index in [2.05, 4.69) is 23.1 Å². The van der Waals surface area contributed by atoms with Gasteiger partial charge in [-0.15, -0.1) is 6.42 Å². The lowest BCUT2D eigenvalue weighted by Gasteiger charge is -2.29. The SMILES string of the molecule is C#C[C@]1(OP(=O)(OC)OP(=O)(O)OP(=O)(O)O)O[C@@H](n2cc(F)c3c(N)nc(Cl)nc32)C[C@@H]1O. The van der Waals surface area contributed by atoms with Gasteiger partial charge in [0.2, 0.25) is 5.28 Å². The Labute approximate surface area is 194 Å². The van der Waals surface area contributed by atoms with Gasteiger partial charge in [0.25, 0.3) is 5.79 Å². The second-order valence-electron chi connectivity index (χ2n) is 6.44. The van der Waals surface area contributed by atoms with Gasteiger partial charge in [-0.25, -0.2) is 27.6 Å². The summed E-state index contributed by atoms with van der Waals surface area (Å²) in [5, 5.41) is 9.92. The Bertz CT molecular complexity index is 1310. The fourth-order valence-corrected chi connectivity index (χ4v) is 6.60. The van der Waals surface area contributed by atoms with Crippen molar-refractivity contribution in [3.63, 3.8) is 0 Å². The highest BCUT2D eigenvalue weighted by Crippen LogP contribution is 2.69. The number of hydrogen-bond acceptors (Lipinski definition) is 12. The van der Waals surface area contributed by atoms with Crippen LogP contribution in [0.15, 0.2) is 6.20 Å². The van der Waals surface area contributed by atoms with Crippen molar-refractivity contribution in [2.45, 2.75) is 24.5 Å². The van der Waals surface area contributed by atoms with Gasteiger partial charge in [0.15, 0.2) is 11.5 Å². The lowest BCUT2D eigenvalue weighted by atomic mass is 10.1. The Kier molecular flexibility index (Phi) is 7.34. The molecule has 0 amide bonds. The van der Waals surface area contributed by atoms with Crippen LogP contribution in [0.4, 0.5) is 10.2 Å². The van der Waals surface area contributed by atoms with E-state index < -0.39 is 53.8 Å². The van der Waals surface area contributed by atoms with Crippen LogP contribution in [0.25, 0.3) is 11.0 Å². The molecule has 2 aromatic rings. The third-order valence-electron chi connectivity index (χ3n) is 4.20. The van der Waals surface area contributed by atoms with Gasteiger partial charge in [-0.3, -0.25) is 4.52 Å². The minimum Gasteiger partial charge on any atom is -0.386 e. The largest absolute Gasteiger partial charge is 0.490 e. The van der Waals surface area contributed by atoms with E-state index in [-0.39, 0.29) is 22.1 Å². The number of nitrogens with zero attached hydrogens (tertiary/aromatic N) is 3. The zero-order valence-corrected chi connectivity index (χ0v) is 20.0. The quantitative estimate of drug-likeness (QED) is 0.172. The fourth-order valence-electron chi connectivity index (χ4n) is 2.93. The smallest absolute Gasteiger partial charge is 0.386 e. The number of anilines is 1. The maximum absolute atomic E-state index is 14.4. The van der Waals surface area contributed by atoms with E-state index in [0.717, 1.165) is 10.8 Å². The molecule has 2 unspecified atom stereocenters. The highest BCUT2D eigenvalue weighted by Gasteiger charge is 2.56. The van der Waals surface area contributed by atoms with Crippen LogP contribution < -0.4 is 5.73 Å². The molecule has 1 saturated heterocycles. The molecule has 0 spiro atoms. The van der Waals surface area contributed by atoms with Gasteiger partial charge in [0.05, 0.1) is 5.39 Å². The van der Waals surface area contributed by atoms with Gasteiger partial charge < -0.3 is 34.8 Å². The van der Waals surface area contributed by atoms with Crippen molar-refractivity contribution in [2.75, 3.05) is 12.8 Å². The van der Waals surface area contributed by atoms with Crippen LogP contribution in [0.1, 0.15) is 12.6 Å². The molecule has 21 heteroatoms. The number of hydrogen-bond donors (Lipinski definition) is 5. The zero-order chi connectivity index (χ0) is 25.7. The molecule has 3 rings (SSSR count). The van der Waals surface area contributed by atoms with E-state index in [0.29, 0.717) is 7.11 Å². The molecule has 1 aliphatic rings. The highest BCUT2D eigenvalue weighted by atomic mass is 35.5. The van der Waals surface area contributed by atoms with Gasteiger partial charge in [0.1, 0.15) is 18.1 Å². The summed E-state index contributed by atoms with van der Waals surface area (Å²) in [7, 11) is -16.0. The highest BCUT2D eigenvalue weighted by molar-refractivity contribution is 7.66. The second-order valence-corrected chi connectivity index (χ2v) is 11.4. The molecule has 188 valence electrons. The molecule has 2 aromatic heterocycles. The number of nitrogen functional groups attached to an aromatic ring is 1. The Hall–Kier alpha value is -1.47. The molecule has 0 aromatic carbocycles. The molecular weight excluding hydrogens is 552 g/mol. The van der Waals surface area contributed by atoms with Crippen molar-refractivity contribution in [3.8, 4) is 12.3 Å². The van der Waals surface area contributed by atoms with Crippen LogP contribution in [-0.2, 0) is 36.1 Å². The predicted octanol–water partition coefficient (Wildman–Crippen LogP) is 1.41. The molecule has 0 saturated carbocycles. The summed E-state index contributed by atoms with van der Waals surface area (Å²) < 4.78 is 73.3. The number of phosphoric acid groups is 3. The van der Waals surface area contributed by atoms with Crippen molar-refractivity contribution in [1.29, 1.82) is 0 Å². The van der Waals surface area contributed by atoms with Crippen LogP contribution in [0.5, 0.6) is 0 Å². The van der Waals surface area contributed by atoms with E-state index in [1.54, 1.807) is 0 Å². The summed E-state index contributed by atoms with van der Waals surface area (Å²) >= 11 is 5.76. The van der Waals surface area contributed by atoms with E-state index in [9.17, 15) is 28.1 Å². The minimum atomic E-state index is -5.76. The molecule has 0 aliphatic carbocycles. The molecule has 16 nitrogen and oxygen atoms in total. The fraction of sp³-hybridized carbons (Fsp3) is 0.385. The third kappa shape index (κ3) is 5.51. The first-order valence-corrected chi connectivity index (χ1v) is 13.4. The third-order valence-corrected chi connectivity index (χ3v) is 8.61. The van der Waals surface area contributed by atoms with Crippen molar-refractivity contribution in [3.05, 3.63) is 17.3 Å². The lowest BCUT2D eigenvalue weighted by Crippen LogP contribution is -2.40. The van der Waals surface area contributed by atoms with E-state index >= 15 is 0 Å². The molecular formula is C13H15ClFN4O12P3. The monoisotopic (exact) mass is 566 g/mol. The number of fused-ring (bicyclic) bond motifs is 1. The molecule has 1 fully saturated rings. The Morgan fingerprint density at radius 1 is 1.35 bits per heavy atom.